The molecular formula is C15H20BrNO2. The average Bonchev–Trinajstić information content (AvgIpc) is 2.36. The first-order valence-electron chi connectivity index (χ1n) is 6.57. The van der Waals surface area contributed by atoms with Gasteiger partial charge in [0.05, 0.1) is 12.5 Å². The van der Waals surface area contributed by atoms with Crippen LogP contribution in [0.25, 0.3) is 0 Å². The number of hydrogen-bond acceptors (Lipinski definition) is 3. The standard InChI is InChI=1S/C15H20BrNO2/c1-17(10-12-4-6-13(16)7-5-12)11-15(8-3-9-15)14(18)19-2/h4-7H,3,8-11H2,1-2H3. The molecule has 3 nitrogen and oxygen atoms in total. The lowest BCUT2D eigenvalue weighted by atomic mass is 9.68. The molecule has 0 N–H and O–H groups in total. The van der Waals surface area contributed by atoms with E-state index in [4.69, 9.17) is 4.74 Å². The Morgan fingerprint density at radius 3 is 2.47 bits per heavy atom. The van der Waals surface area contributed by atoms with Crippen molar-refractivity contribution >= 4 is 21.9 Å². The quantitative estimate of drug-likeness (QED) is 0.778. The third-order valence-electron chi connectivity index (χ3n) is 3.87. The summed E-state index contributed by atoms with van der Waals surface area (Å²) < 4.78 is 6.04. The first-order valence-corrected chi connectivity index (χ1v) is 7.36. The van der Waals surface area contributed by atoms with Crippen molar-refractivity contribution in [1.82, 2.24) is 4.90 Å². The zero-order chi connectivity index (χ0) is 13.9. The van der Waals surface area contributed by atoms with Crippen molar-refractivity contribution in [3.05, 3.63) is 34.3 Å². The normalized spacial score (nSPS) is 17.1. The van der Waals surface area contributed by atoms with E-state index in [0.717, 1.165) is 36.8 Å². The molecule has 0 unspecified atom stereocenters. The van der Waals surface area contributed by atoms with E-state index in [1.807, 2.05) is 12.1 Å². The van der Waals surface area contributed by atoms with Crippen LogP contribution in [-0.4, -0.2) is 31.6 Å². The van der Waals surface area contributed by atoms with Crippen molar-refractivity contribution in [3.8, 4) is 0 Å². The Balaban J connectivity index is 1.95. The molecule has 104 valence electrons. The van der Waals surface area contributed by atoms with Crippen molar-refractivity contribution in [1.29, 1.82) is 0 Å². The Labute approximate surface area is 123 Å². The SMILES string of the molecule is COC(=O)C1(CN(C)Cc2ccc(Br)cc2)CCC1. The molecular weight excluding hydrogens is 306 g/mol. The van der Waals surface area contributed by atoms with Gasteiger partial charge < -0.3 is 9.64 Å². The minimum absolute atomic E-state index is 0.0543. The number of rotatable bonds is 5. The maximum atomic E-state index is 11.9. The van der Waals surface area contributed by atoms with E-state index in [1.54, 1.807) is 0 Å². The highest BCUT2D eigenvalue weighted by Crippen LogP contribution is 2.42. The van der Waals surface area contributed by atoms with Crippen molar-refractivity contribution in [3.63, 3.8) is 0 Å². The van der Waals surface area contributed by atoms with Gasteiger partial charge in [0, 0.05) is 17.6 Å². The van der Waals surface area contributed by atoms with Crippen molar-refractivity contribution in [2.24, 2.45) is 5.41 Å². The van der Waals surface area contributed by atoms with Crippen LogP contribution in [0.3, 0.4) is 0 Å². The van der Waals surface area contributed by atoms with Gasteiger partial charge in [-0.3, -0.25) is 4.79 Å². The number of methoxy groups -OCH3 is 1. The van der Waals surface area contributed by atoms with E-state index < -0.39 is 0 Å². The summed E-state index contributed by atoms with van der Waals surface area (Å²) in [5.74, 6) is -0.0543. The molecule has 19 heavy (non-hydrogen) atoms. The van der Waals surface area contributed by atoms with E-state index >= 15 is 0 Å². The molecule has 0 atom stereocenters. The number of carbonyl (C=O) groups is 1. The highest BCUT2D eigenvalue weighted by atomic mass is 79.9. The van der Waals surface area contributed by atoms with Gasteiger partial charge in [0.25, 0.3) is 0 Å². The van der Waals surface area contributed by atoms with Crippen molar-refractivity contribution in [2.45, 2.75) is 25.8 Å². The van der Waals surface area contributed by atoms with Crippen LogP contribution in [0.15, 0.2) is 28.7 Å². The van der Waals surface area contributed by atoms with Crippen LogP contribution in [-0.2, 0) is 16.1 Å². The number of esters is 1. The predicted octanol–water partition coefficient (Wildman–Crippen LogP) is 3.22. The molecule has 2 rings (SSSR count). The van der Waals surface area contributed by atoms with E-state index in [0.29, 0.717) is 0 Å². The Bertz CT molecular complexity index is 440. The van der Waals surface area contributed by atoms with Gasteiger partial charge in [0.15, 0.2) is 0 Å². The first kappa shape index (κ1) is 14.5. The number of carbonyl (C=O) groups excluding carboxylic acids is 1. The maximum Gasteiger partial charge on any atom is 0.313 e. The van der Waals surface area contributed by atoms with E-state index in [9.17, 15) is 4.79 Å². The van der Waals surface area contributed by atoms with Crippen molar-refractivity contribution < 1.29 is 9.53 Å². The Morgan fingerprint density at radius 1 is 1.37 bits per heavy atom. The Morgan fingerprint density at radius 2 is 2.00 bits per heavy atom. The molecule has 1 aromatic carbocycles. The summed E-state index contributed by atoms with van der Waals surface area (Å²) in [6.45, 7) is 1.63. The summed E-state index contributed by atoms with van der Waals surface area (Å²) in [6, 6.07) is 8.30. The maximum absolute atomic E-state index is 11.9. The van der Waals surface area contributed by atoms with Crippen LogP contribution in [0.5, 0.6) is 0 Å². The first-order chi connectivity index (χ1) is 9.05. The predicted molar refractivity (Wildman–Crippen MR) is 78.8 cm³/mol. The zero-order valence-corrected chi connectivity index (χ0v) is 13.1. The van der Waals surface area contributed by atoms with E-state index in [1.165, 1.54) is 12.7 Å². The number of halogens is 1. The summed E-state index contributed by atoms with van der Waals surface area (Å²) in [5.41, 5.74) is 0.990. The van der Waals surface area contributed by atoms with Crippen molar-refractivity contribution in [2.75, 3.05) is 20.7 Å². The molecule has 0 radical (unpaired) electrons. The molecule has 0 bridgehead atoms. The molecule has 1 saturated carbocycles. The Kier molecular flexibility index (Phi) is 4.63. The molecule has 4 heteroatoms. The van der Waals surface area contributed by atoms with Gasteiger partial charge in [-0.2, -0.15) is 0 Å². The van der Waals surface area contributed by atoms with Gasteiger partial charge in [-0.1, -0.05) is 34.5 Å². The molecule has 0 amide bonds. The molecule has 1 aromatic rings. The summed E-state index contributed by atoms with van der Waals surface area (Å²) in [6.07, 6.45) is 3.02. The summed E-state index contributed by atoms with van der Waals surface area (Å²) in [5, 5.41) is 0. The Hall–Kier alpha value is -0.870. The summed E-state index contributed by atoms with van der Waals surface area (Å²) in [7, 11) is 3.54. The molecule has 0 aliphatic heterocycles. The van der Waals surface area contributed by atoms with E-state index in [-0.39, 0.29) is 11.4 Å². The van der Waals surface area contributed by atoms with Crippen LogP contribution in [0, 0.1) is 5.41 Å². The van der Waals surface area contributed by atoms with Crippen LogP contribution < -0.4 is 0 Å². The smallest absolute Gasteiger partial charge is 0.313 e. The average molecular weight is 326 g/mol. The van der Waals surface area contributed by atoms with E-state index in [2.05, 4.69) is 40.0 Å². The van der Waals surface area contributed by atoms with Gasteiger partial charge in [0.1, 0.15) is 0 Å². The fourth-order valence-electron chi connectivity index (χ4n) is 2.72. The fourth-order valence-corrected chi connectivity index (χ4v) is 2.99. The van der Waals surface area contributed by atoms with Gasteiger partial charge in [0.2, 0.25) is 0 Å². The molecule has 0 aromatic heterocycles. The van der Waals surface area contributed by atoms with Crippen LogP contribution in [0.1, 0.15) is 24.8 Å². The van der Waals surface area contributed by atoms with Crippen LogP contribution in [0.4, 0.5) is 0 Å². The summed E-state index contributed by atoms with van der Waals surface area (Å²) >= 11 is 3.43. The minimum atomic E-state index is -0.265. The zero-order valence-electron chi connectivity index (χ0n) is 11.5. The molecule has 0 heterocycles. The summed E-state index contributed by atoms with van der Waals surface area (Å²) in [4.78, 5) is 14.1. The van der Waals surface area contributed by atoms with Gasteiger partial charge in [-0.25, -0.2) is 0 Å². The van der Waals surface area contributed by atoms with Gasteiger partial charge in [-0.05, 0) is 37.6 Å². The number of nitrogens with zero attached hydrogens (tertiary/aromatic N) is 1. The van der Waals surface area contributed by atoms with Gasteiger partial charge in [-0.15, -0.1) is 0 Å². The molecule has 1 aliphatic carbocycles. The fraction of sp³-hybridized carbons (Fsp3) is 0.533. The van der Waals surface area contributed by atoms with Gasteiger partial charge >= 0.3 is 5.97 Å². The van der Waals surface area contributed by atoms with Crippen LogP contribution >= 0.6 is 15.9 Å². The molecule has 0 spiro atoms. The number of benzene rings is 1. The minimum Gasteiger partial charge on any atom is -0.469 e. The molecule has 0 saturated heterocycles. The highest BCUT2D eigenvalue weighted by molar-refractivity contribution is 9.10. The second-order valence-electron chi connectivity index (χ2n) is 5.42. The number of ether oxygens (including phenoxy) is 1. The third kappa shape index (κ3) is 3.37. The monoisotopic (exact) mass is 325 g/mol. The second-order valence-corrected chi connectivity index (χ2v) is 6.34. The van der Waals surface area contributed by atoms with Crippen LogP contribution in [0.2, 0.25) is 0 Å². The third-order valence-corrected chi connectivity index (χ3v) is 4.40. The largest absolute Gasteiger partial charge is 0.469 e. The number of hydrogen-bond donors (Lipinski definition) is 0. The highest BCUT2D eigenvalue weighted by Gasteiger charge is 2.45. The molecule has 1 aliphatic rings. The lowest BCUT2D eigenvalue weighted by Gasteiger charge is -2.41. The topological polar surface area (TPSA) is 29.5 Å². The second kappa shape index (κ2) is 6.06. The lowest BCUT2D eigenvalue weighted by molar-refractivity contribution is -0.160. The lowest BCUT2D eigenvalue weighted by Crippen LogP contribution is -2.47. The molecule has 1 fully saturated rings.